The van der Waals surface area contributed by atoms with Crippen molar-refractivity contribution < 1.29 is 22.6 Å². The molecular weight excluding hydrogens is 451 g/mol. The molecule has 0 unspecified atom stereocenters. The van der Waals surface area contributed by atoms with Gasteiger partial charge in [-0.2, -0.15) is 13.2 Å². The number of ether oxygens (including phenoxy) is 2. The van der Waals surface area contributed by atoms with Crippen molar-refractivity contribution in [1.82, 2.24) is 5.32 Å². The van der Waals surface area contributed by atoms with Crippen molar-refractivity contribution in [3.63, 3.8) is 0 Å². The van der Waals surface area contributed by atoms with Crippen LogP contribution in [0, 0.1) is 0 Å². The first-order valence-electron chi connectivity index (χ1n) is 12.2. The number of hydrogen-bond acceptors (Lipinski definition) is 3. The normalized spacial score (nSPS) is 15.7. The third kappa shape index (κ3) is 6.44. The highest BCUT2D eigenvalue weighted by atomic mass is 19.4. The van der Waals surface area contributed by atoms with E-state index in [1.54, 1.807) is 24.3 Å². The fourth-order valence-corrected chi connectivity index (χ4v) is 4.67. The Bertz CT molecular complexity index is 1090. The highest BCUT2D eigenvalue weighted by Gasteiger charge is 2.34. The molecule has 0 bridgehead atoms. The Labute approximate surface area is 205 Å². The largest absolute Gasteiger partial charge is 0.494 e. The van der Waals surface area contributed by atoms with Gasteiger partial charge in [-0.25, -0.2) is 0 Å². The Morgan fingerprint density at radius 1 is 0.886 bits per heavy atom. The lowest BCUT2D eigenvalue weighted by atomic mass is 9.74. The molecule has 6 heteroatoms. The smallest absolute Gasteiger partial charge is 0.416 e. The van der Waals surface area contributed by atoms with Crippen LogP contribution in [0.2, 0.25) is 0 Å². The molecule has 35 heavy (non-hydrogen) atoms. The van der Waals surface area contributed by atoms with Gasteiger partial charge in [-0.3, -0.25) is 0 Å². The molecule has 1 saturated heterocycles. The topological polar surface area (TPSA) is 30.5 Å². The fourth-order valence-electron chi connectivity index (χ4n) is 4.67. The molecule has 0 amide bonds. The van der Waals surface area contributed by atoms with Gasteiger partial charge >= 0.3 is 6.18 Å². The van der Waals surface area contributed by atoms with Crippen LogP contribution in [0.15, 0.2) is 72.8 Å². The van der Waals surface area contributed by atoms with Crippen LogP contribution < -0.4 is 10.1 Å². The zero-order valence-electron chi connectivity index (χ0n) is 20.0. The lowest BCUT2D eigenvalue weighted by Gasteiger charge is -2.38. The Morgan fingerprint density at radius 3 is 2.37 bits per heavy atom. The minimum Gasteiger partial charge on any atom is -0.494 e. The molecule has 186 valence electrons. The van der Waals surface area contributed by atoms with Gasteiger partial charge in [-0.15, -0.1) is 0 Å². The molecule has 1 heterocycles. The van der Waals surface area contributed by atoms with Crippen molar-refractivity contribution in [3.8, 4) is 16.9 Å². The molecule has 3 aromatic carbocycles. The number of halogens is 3. The number of benzene rings is 3. The molecule has 3 aromatic rings. The molecule has 0 aromatic heterocycles. The van der Waals surface area contributed by atoms with Crippen LogP contribution >= 0.6 is 0 Å². The summed E-state index contributed by atoms with van der Waals surface area (Å²) in [4.78, 5) is 0. The zero-order valence-corrected chi connectivity index (χ0v) is 20.0. The average molecular weight is 484 g/mol. The van der Waals surface area contributed by atoms with Gasteiger partial charge in [-0.05, 0) is 84.9 Å². The van der Waals surface area contributed by atoms with E-state index in [4.69, 9.17) is 9.47 Å². The molecular formula is C29H32F3NO2. The summed E-state index contributed by atoms with van der Waals surface area (Å²) in [5, 5.41) is 3.39. The predicted octanol–water partition coefficient (Wildman–Crippen LogP) is 7.00. The van der Waals surface area contributed by atoms with Crippen LogP contribution in [0.5, 0.6) is 5.75 Å². The van der Waals surface area contributed by atoms with E-state index in [0.29, 0.717) is 35.7 Å². The molecule has 3 nitrogen and oxygen atoms in total. The van der Waals surface area contributed by atoms with E-state index in [-0.39, 0.29) is 12.0 Å². The summed E-state index contributed by atoms with van der Waals surface area (Å²) in [6.07, 6.45) is -1.73. The van der Waals surface area contributed by atoms with Crippen molar-refractivity contribution in [3.05, 3.63) is 89.5 Å². The lowest BCUT2D eigenvalue weighted by Crippen LogP contribution is -2.43. The van der Waals surface area contributed by atoms with Gasteiger partial charge < -0.3 is 14.8 Å². The van der Waals surface area contributed by atoms with Crippen molar-refractivity contribution in [2.24, 2.45) is 0 Å². The second-order valence-electron chi connectivity index (χ2n) is 9.18. The van der Waals surface area contributed by atoms with Crippen molar-refractivity contribution >= 4 is 0 Å². The molecule has 0 radical (unpaired) electrons. The summed E-state index contributed by atoms with van der Waals surface area (Å²) in [7, 11) is 0. The maximum Gasteiger partial charge on any atom is 0.416 e. The molecule has 0 saturated carbocycles. The minimum absolute atomic E-state index is 0.116. The van der Waals surface area contributed by atoms with Crippen LogP contribution in [0.4, 0.5) is 13.2 Å². The third-order valence-corrected chi connectivity index (χ3v) is 6.55. The maximum atomic E-state index is 13.7. The van der Waals surface area contributed by atoms with Gasteiger partial charge in [-0.1, -0.05) is 49.4 Å². The van der Waals surface area contributed by atoms with Gasteiger partial charge in [0.15, 0.2) is 0 Å². The fraction of sp³-hybridized carbons (Fsp3) is 0.379. The third-order valence-electron chi connectivity index (χ3n) is 6.55. The molecule has 4 rings (SSSR count). The lowest BCUT2D eigenvalue weighted by molar-refractivity contribution is -0.137. The number of hydrogen-bond donors (Lipinski definition) is 1. The Balaban J connectivity index is 1.56. The number of piperidine rings is 1. The first-order chi connectivity index (χ1) is 16.9. The average Bonchev–Trinajstić information content (AvgIpc) is 2.88. The molecule has 0 spiro atoms. The van der Waals surface area contributed by atoms with E-state index >= 15 is 0 Å². The van der Waals surface area contributed by atoms with Crippen LogP contribution in [-0.4, -0.2) is 26.3 Å². The summed E-state index contributed by atoms with van der Waals surface area (Å²) in [6.45, 7) is 4.93. The Morgan fingerprint density at radius 2 is 1.66 bits per heavy atom. The maximum absolute atomic E-state index is 13.7. The zero-order chi connectivity index (χ0) is 24.7. The highest BCUT2D eigenvalue weighted by Crippen LogP contribution is 2.36. The van der Waals surface area contributed by atoms with E-state index in [9.17, 15) is 13.2 Å². The highest BCUT2D eigenvalue weighted by molar-refractivity contribution is 5.67. The Hall–Kier alpha value is -2.83. The van der Waals surface area contributed by atoms with Gasteiger partial charge in [0.25, 0.3) is 0 Å². The second kappa shape index (κ2) is 11.3. The van der Waals surface area contributed by atoms with Crippen LogP contribution in [0.25, 0.3) is 11.1 Å². The van der Waals surface area contributed by atoms with E-state index in [1.165, 1.54) is 17.7 Å². The van der Waals surface area contributed by atoms with Crippen LogP contribution in [0.1, 0.15) is 42.9 Å². The first kappa shape index (κ1) is 25.3. The summed E-state index contributed by atoms with van der Waals surface area (Å²) < 4.78 is 53.0. The molecule has 1 aliphatic heterocycles. The summed E-state index contributed by atoms with van der Waals surface area (Å²) in [5.74, 6) is 0.648. The summed E-state index contributed by atoms with van der Waals surface area (Å²) in [6, 6.07) is 21.7. The van der Waals surface area contributed by atoms with Gasteiger partial charge in [0.2, 0.25) is 0 Å². The molecule has 0 aliphatic carbocycles. The van der Waals surface area contributed by atoms with Crippen molar-refractivity contribution in [2.45, 2.75) is 44.4 Å². The second-order valence-corrected chi connectivity index (χ2v) is 9.18. The predicted molar refractivity (Wildman–Crippen MR) is 133 cm³/mol. The molecule has 0 atom stereocenters. The summed E-state index contributed by atoms with van der Waals surface area (Å²) >= 11 is 0. The van der Waals surface area contributed by atoms with E-state index in [2.05, 4.69) is 17.4 Å². The standard InChI is InChI=1S/C29H32F3NO2/c1-2-15-35-27-10-6-7-23(19-27)24-16-22(17-26(18-24)29(30,31)32)20-34-21-28(11-13-33-14-12-28)25-8-4-3-5-9-25/h3-10,16-19,33H,2,11-15,20-21H2,1H3. The molecule has 1 fully saturated rings. The van der Waals surface area contributed by atoms with Gasteiger partial charge in [0.05, 0.1) is 25.4 Å². The van der Waals surface area contributed by atoms with Crippen molar-refractivity contribution in [2.75, 3.05) is 26.3 Å². The number of alkyl halides is 3. The quantitative estimate of drug-likeness (QED) is 0.356. The van der Waals surface area contributed by atoms with Crippen LogP contribution in [-0.2, 0) is 22.9 Å². The number of rotatable bonds is 9. The molecule has 1 aliphatic rings. The Kier molecular flexibility index (Phi) is 8.14. The summed E-state index contributed by atoms with van der Waals surface area (Å²) in [5.41, 5.74) is 2.10. The van der Waals surface area contributed by atoms with E-state index in [1.807, 2.05) is 31.2 Å². The van der Waals surface area contributed by atoms with E-state index < -0.39 is 11.7 Å². The van der Waals surface area contributed by atoms with Crippen LogP contribution in [0.3, 0.4) is 0 Å². The van der Waals surface area contributed by atoms with Gasteiger partial charge in [0.1, 0.15) is 5.75 Å². The van der Waals surface area contributed by atoms with Crippen molar-refractivity contribution in [1.29, 1.82) is 0 Å². The van der Waals surface area contributed by atoms with E-state index in [0.717, 1.165) is 32.4 Å². The first-order valence-corrected chi connectivity index (χ1v) is 12.2. The number of nitrogens with one attached hydrogen (secondary N) is 1. The monoisotopic (exact) mass is 483 g/mol. The molecule has 1 N–H and O–H groups in total. The minimum atomic E-state index is -4.44. The van der Waals surface area contributed by atoms with Gasteiger partial charge in [0, 0.05) is 5.41 Å². The SMILES string of the molecule is CCCOc1cccc(-c2cc(COCC3(c4ccccc4)CCNCC3)cc(C(F)(F)F)c2)c1.